The lowest BCUT2D eigenvalue weighted by atomic mass is 10.0. The Morgan fingerprint density at radius 3 is 2.57 bits per heavy atom. The van der Waals surface area contributed by atoms with Crippen molar-refractivity contribution in [1.29, 1.82) is 0 Å². The predicted octanol–water partition coefficient (Wildman–Crippen LogP) is 4.91. The van der Waals surface area contributed by atoms with Gasteiger partial charge >= 0.3 is 0 Å². The van der Waals surface area contributed by atoms with E-state index in [-0.39, 0.29) is 23.1 Å². The highest BCUT2D eigenvalue weighted by atomic mass is 32.2. The lowest BCUT2D eigenvalue weighted by Crippen LogP contribution is -2.04. The summed E-state index contributed by atoms with van der Waals surface area (Å²) in [6.07, 6.45) is 3.52. The molecule has 0 fully saturated rings. The molecule has 0 bridgehead atoms. The monoisotopic (exact) mass is 397 g/mol. The molecule has 3 rings (SSSR count). The van der Waals surface area contributed by atoms with Crippen LogP contribution < -0.4 is 0 Å². The number of nitro groups is 1. The molecular formula is C21H23N3O3S. The fourth-order valence-corrected chi connectivity index (χ4v) is 4.65. The molecule has 0 radical (unpaired) electrons. The van der Waals surface area contributed by atoms with E-state index in [4.69, 9.17) is 0 Å². The molecule has 0 saturated carbocycles. The minimum atomic E-state index is -0.381. The van der Waals surface area contributed by atoms with Crippen LogP contribution >= 0.6 is 11.8 Å². The van der Waals surface area contributed by atoms with E-state index < -0.39 is 0 Å². The number of benzene rings is 1. The van der Waals surface area contributed by atoms with Crippen molar-refractivity contribution in [2.45, 2.75) is 49.8 Å². The van der Waals surface area contributed by atoms with E-state index in [1.807, 2.05) is 25.1 Å². The second-order valence-electron chi connectivity index (χ2n) is 6.89. The van der Waals surface area contributed by atoms with Crippen LogP contribution in [0.4, 0.5) is 5.69 Å². The Bertz CT molecular complexity index is 984. The Kier molecular flexibility index (Phi) is 6.16. The van der Waals surface area contributed by atoms with Gasteiger partial charge in [0.2, 0.25) is 0 Å². The zero-order valence-corrected chi connectivity index (χ0v) is 16.9. The van der Waals surface area contributed by atoms with Gasteiger partial charge in [0.25, 0.3) is 5.69 Å². The number of nitro benzene ring substituents is 1. The Balaban J connectivity index is 2.11. The largest absolute Gasteiger partial charge is 0.392 e. The molecule has 0 aliphatic heterocycles. The molecule has 2 heterocycles. The van der Waals surface area contributed by atoms with Gasteiger partial charge in [-0.2, -0.15) is 0 Å². The van der Waals surface area contributed by atoms with Gasteiger partial charge in [-0.25, -0.2) is 0 Å². The van der Waals surface area contributed by atoms with Gasteiger partial charge in [-0.15, -0.1) is 0 Å². The van der Waals surface area contributed by atoms with Crippen molar-refractivity contribution < 1.29 is 10.0 Å². The van der Waals surface area contributed by atoms with Crippen molar-refractivity contribution in [3.8, 4) is 0 Å². The Hall–Kier alpha value is -2.64. The zero-order valence-electron chi connectivity index (χ0n) is 16.1. The molecule has 2 aromatic heterocycles. The topological polar surface area (TPSA) is 81.2 Å². The van der Waals surface area contributed by atoms with Crippen LogP contribution in [0.2, 0.25) is 0 Å². The molecule has 3 aromatic rings. The summed E-state index contributed by atoms with van der Waals surface area (Å²) in [4.78, 5) is 15.6. The molecule has 0 saturated heterocycles. The fraction of sp³-hybridized carbons (Fsp3) is 0.286. The number of aliphatic hydroxyl groups excluding tert-OH is 1. The SMILES string of the molecule is Cc1c(CO)c(C(C)C)c(Sc2cccc([N+](=O)[O-])c2)n1Cc1ccncc1. The maximum Gasteiger partial charge on any atom is 0.270 e. The lowest BCUT2D eigenvalue weighted by Gasteiger charge is -2.14. The molecule has 0 aliphatic carbocycles. The third-order valence-corrected chi connectivity index (χ3v) is 5.83. The highest BCUT2D eigenvalue weighted by Crippen LogP contribution is 2.40. The third kappa shape index (κ3) is 4.10. The maximum atomic E-state index is 11.1. The first-order valence-corrected chi connectivity index (χ1v) is 9.88. The molecular weight excluding hydrogens is 374 g/mol. The molecule has 1 aromatic carbocycles. The summed E-state index contributed by atoms with van der Waals surface area (Å²) < 4.78 is 2.18. The summed E-state index contributed by atoms with van der Waals surface area (Å²) in [5.41, 5.74) is 4.20. The van der Waals surface area contributed by atoms with Crippen molar-refractivity contribution in [2.75, 3.05) is 0 Å². The number of pyridine rings is 1. The molecule has 1 N–H and O–H groups in total. The van der Waals surface area contributed by atoms with Crippen LogP contribution in [0.5, 0.6) is 0 Å². The molecule has 146 valence electrons. The first kappa shape index (κ1) is 20.1. The van der Waals surface area contributed by atoms with E-state index >= 15 is 0 Å². The second kappa shape index (κ2) is 8.58. The number of aliphatic hydroxyl groups is 1. The average Bonchev–Trinajstić information content (AvgIpc) is 2.94. The van der Waals surface area contributed by atoms with Crippen molar-refractivity contribution in [3.63, 3.8) is 0 Å². The van der Waals surface area contributed by atoms with E-state index in [9.17, 15) is 15.2 Å². The fourth-order valence-electron chi connectivity index (χ4n) is 3.32. The van der Waals surface area contributed by atoms with Crippen molar-refractivity contribution >= 4 is 17.4 Å². The van der Waals surface area contributed by atoms with Gasteiger partial charge in [0.15, 0.2) is 0 Å². The number of aromatic nitrogens is 2. The first-order valence-electron chi connectivity index (χ1n) is 9.06. The molecule has 6 nitrogen and oxygen atoms in total. The number of hydrogen-bond acceptors (Lipinski definition) is 5. The highest BCUT2D eigenvalue weighted by Gasteiger charge is 2.23. The Morgan fingerprint density at radius 1 is 1.25 bits per heavy atom. The summed E-state index contributed by atoms with van der Waals surface area (Å²) in [7, 11) is 0. The Labute approximate surface area is 168 Å². The van der Waals surface area contributed by atoms with Crippen LogP contribution in [0.25, 0.3) is 0 Å². The van der Waals surface area contributed by atoms with Crippen molar-refractivity contribution in [2.24, 2.45) is 0 Å². The second-order valence-corrected chi connectivity index (χ2v) is 7.96. The van der Waals surface area contributed by atoms with Crippen LogP contribution in [0.3, 0.4) is 0 Å². The van der Waals surface area contributed by atoms with E-state index in [1.165, 1.54) is 17.8 Å². The van der Waals surface area contributed by atoms with E-state index in [1.54, 1.807) is 24.5 Å². The number of rotatable bonds is 7. The van der Waals surface area contributed by atoms with Crippen LogP contribution in [0, 0.1) is 17.0 Å². The molecule has 0 aliphatic rings. The van der Waals surface area contributed by atoms with Gasteiger partial charge in [-0.05, 0) is 42.2 Å². The standard InChI is InChI=1S/C21H23N3O3S/c1-14(2)20-19(13-25)15(3)23(12-16-7-9-22-10-8-16)21(20)28-18-6-4-5-17(11-18)24(26)27/h4-11,14,25H,12-13H2,1-3H3. The minimum Gasteiger partial charge on any atom is -0.392 e. The van der Waals surface area contributed by atoms with Crippen molar-refractivity contribution in [3.05, 3.63) is 81.3 Å². The van der Waals surface area contributed by atoms with Crippen LogP contribution in [0.1, 0.15) is 42.1 Å². The van der Waals surface area contributed by atoms with Gasteiger partial charge in [0, 0.05) is 47.2 Å². The van der Waals surface area contributed by atoms with Crippen LogP contribution in [-0.2, 0) is 13.2 Å². The summed E-state index contributed by atoms with van der Waals surface area (Å²) in [5, 5.41) is 22.2. The molecule has 0 spiro atoms. The van der Waals surface area contributed by atoms with Gasteiger partial charge in [0.1, 0.15) is 0 Å². The number of non-ortho nitro benzene ring substituents is 1. The quantitative estimate of drug-likeness (QED) is 0.452. The number of hydrogen-bond donors (Lipinski definition) is 1. The summed E-state index contributed by atoms with van der Waals surface area (Å²) in [5.74, 6) is 0.209. The maximum absolute atomic E-state index is 11.1. The molecule has 28 heavy (non-hydrogen) atoms. The average molecular weight is 398 g/mol. The number of nitrogens with zero attached hydrogens (tertiary/aromatic N) is 3. The van der Waals surface area contributed by atoms with Gasteiger partial charge in [-0.3, -0.25) is 15.1 Å². The summed E-state index contributed by atoms with van der Waals surface area (Å²) >= 11 is 1.50. The van der Waals surface area contributed by atoms with Crippen molar-refractivity contribution in [1.82, 2.24) is 9.55 Å². The molecule has 0 unspecified atom stereocenters. The highest BCUT2D eigenvalue weighted by molar-refractivity contribution is 7.99. The molecule has 0 atom stereocenters. The normalized spacial score (nSPS) is 11.2. The smallest absolute Gasteiger partial charge is 0.270 e. The van der Waals surface area contributed by atoms with E-state index in [0.717, 1.165) is 32.3 Å². The van der Waals surface area contributed by atoms with E-state index in [2.05, 4.69) is 23.4 Å². The first-order chi connectivity index (χ1) is 13.4. The molecule has 7 heteroatoms. The summed E-state index contributed by atoms with van der Waals surface area (Å²) in [6.45, 7) is 6.82. The van der Waals surface area contributed by atoms with Gasteiger partial charge in [-0.1, -0.05) is 31.7 Å². The Morgan fingerprint density at radius 2 is 1.96 bits per heavy atom. The van der Waals surface area contributed by atoms with Gasteiger partial charge < -0.3 is 9.67 Å². The zero-order chi connectivity index (χ0) is 20.3. The summed E-state index contributed by atoms with van der Waals surface area (Å²) in [6, 6.07) is 10.6. The lowest BCUT2D eigenvalue weighted by molar-refractivity contribution is -0.385. The van der Waals surface area contributed by atoms with Crippen LogP contribution in [0.15, 0.2) is 58.7 Å². The van der Waals surface area contributed by atoms with E-state index in [0.29, 0.717) is 6.54 Å². The third-order valence-electron chi connectivity index (χ3n) is 4.71. The minimum absolute atomic E-state index is 0.0365. The van der Waals surface area contributed by atoms with Crippen LogP contribution in [-0.4, -0.2) is 19.6 Å². The molecule has 0 amide bonds. The predicted molar refractivity (Wildman–Crippen MR) is 110 cm³/mol. The van der Waals surface area contributed by atoms with Gasteiger partial charge in [0.05, 0.1) is 16.6 Å².